The van der Waals surface area contributed by atoms with Crippen LogP contribution in [0.3, 0.4) is 0 Å². The minimum absolute atomic E-state index is 0. The van der Waals surface area contributed by atoms with Gasteiger partial charge in [-0.3, -0.25) is 4.90 Å². The number of nitrogens with one attached hydrogen (secondary N) is 2. The molecule has 0 radical (unpaired) electrons. The number of thiophene rings is 1. The zero-order chi connectivity index (χ0) is 18.8. The Hall–Kier alpha value is -0.710. The molecule has 0 amide bonds. The zero-order valence-corrected chi connectivity index (χ0v) is 20.7. The van der Waals surface area contributed by atoms with Crippen LogP contribution >= 0.6 is 46.7 Å². The molecule has 0 aliphatic heterocycles. The molecule has 152 valence electrons. The highest BCUT2D eigenvalue weighted by atomic mass is 127. The largest absolute Gasteiger partial charge is 0.357 e. The Morgan fingerprint density at radius 1 is 1.22 bits per heavy atom. The van der Waals surface area contributed by atoms with E-state index in [2.05, 4.69) is 65.0 Å². The van der Waals surface area contributed by atoms with Crippen LogP contribution in [0.15, 0.2) is 28.0 Å². The number of likely N-dealkylation sites (N-methyl/N-ethyl adjacent to an activating group) is 1. The lowest BCUT2D eigenvalue weighted by molar-refractivity contribution is 0.219. The summed E-state index contributed by atoms with van der Waals surface area (Å²) in [6.07, 6.45) is 2.99. The Labute approximate surface area is 188 Å². The third kappa shape index (κ3) is 7.67. The van der Waals surface area contributed by atoms with E-state index < -0.39 is 0 Å². The number of halogens is 1. The standard InChI is InChI=1S/C19H31N5S2.HI/c1-5-16-11-21-18(26-16)13-23-19(20-6-2)22-12-17(24(7-3)8-4)15-9-10-25-14-15;/h9-11,14,17H,5-8,12-13H2,1-4H3,(H2,20,22,23);1H. The van der Waals surface area contributed by atoms with E-state index in [4.69, 9.17) is 4.99 Å². The van der Waals surface area contributed by atoms with Gasteiger partial charge >= 0.3 is 0 Å². The minimum atomic E-state index is 0. The van der Waals surface area contributed by atoms with Gasteiger partial charge in [-0.25, -0.2) is 9.98 Å². The number of hydrogen-bond donors (Lipinski definition) is 2. The summed E-state index contributed by atoms with van der Waals surface area (Å²) in [6.45, 7) is 13.1. The predicted octanol–water partition coefficient (Wildman–Crippen LogP) is 4.52. The second-order valence-corrected chi connectivity index (χ2v) is 7.92. The van der Waals surface area contributed by atoms with Gasteiger partial charge in [-0.15, -0.1) is 35.3 Å². The second kappa shape index (κ2) is 13.5. The number of rotatable bonds is 10. The summed E-state index contributed by atoms with van der Waals surface area (Å²) in [5.41, 5.74) is 1.37. The molecule has 2 N–H and O–H groups in total. The van der Waals surface area contributed by atoms with Crippen molar-refractivity contribution < 1.29 is 0 Å². The van der Waals surface area contributed by atoms with E-state index in [0.29, 0.717) is 12.6 Å². The van der Waals surface area contributed by atoms with E-state index in [-0.39, 0.29) is 24.0 Å². The number of thiazole rings is 1. The summed E-state index contributed by atoms with van der Waals surface area (Å²) >= 11 is 3.50. The Morgan fingerprint density at radius 3 is 2.56 bits per heavy atom. The summed E-state index contributed by atoms with van der Waals surface area (Å²) < 4.78 is 0. The first-order chi connectivity index (χ1) is 12.7. The van der Waals surface area contributed by atoms with E-state index in [0.717, 1.165) is 43.6 Å². The molecule has 0 saturated carbocycles. The number of guanidine groups is 1. The second-order valence-electron chi connectivity index (χ2n) is 5.94. The molecule has 27 heavy (non-hydrogen) atoms. The highest BCUT2D eigenvalue weighted by molar-refractivity contribution is 14.0. The van der Waals surface area contributed by atoms with Crippen molar-refractivity contribution >= 4 is 52.6 Å². The van der Waals surface area contributed by atoms with Crippen LogP contribution in [0, 0.1) is 0 Å². The van der Waals surface area contributed by atoms with Crippen molar-refractivity contribution in [3.05, 3.63) is 38.5 Å². The van der Waals surface area contributed by atoms with Crippen LogP contribution in [0.5, 0.6) is 0 Å². The Kier molecular flexibility index (Phi) is 12.1. The molecule has 0 aliphatic carbocycles. The lowest BCUT2D eigenvalue weighted by Gasteiger charge is -2.30. The molecule has 2 rings (SSSR count). The van der Waals surface area contributed by atoms with Gasteiger partial charge in [0, 0.05) is 24.2 Å². The molecule has 1 atom stereocenters. The fourth-order valence-corrected chi connectivity index (χ4v) is 4.35. The first-order valence-corrected chi connectivity index (χ1v) is 11.2. The van der Waals surface area contributed by atoms with Crippen molar-refractivity contribution in [1.29, 1.82) is 0 Å². The smallest absolute Gasteiger partial charge is 0.191 e. The number of nitrogens with zero attached hydrogens (tertiary/aromatic N) is 3. The van der Waals surface area contributed by atoms with Crippen LogP contribution in [0.1, 0.15) is 49.2 Å². The van der Waals surface area contributed by atoms with Crippen molar-refractivity contribution in [3.8, 4) is 0 Å². The first kappa shape index (κ1) is 24.3. The van der Waals surface area contributed by atoms with Gasteiger partial charge in [0.2, 0.25) is 0 Å². The van der Waals surface area contributed by atoms with Crippen molar-refractivity contribution in [3.63, 3.8) is 0 Å². The molecule has 1 unspecified atom stereocenters. The third-order valence-electron chi connectivity index (χ3n) is 4.31. The van der Waals surface area contributed by atoms with Crippen molar-refractivity contribution in [2.75, 3.05) is 26.2 Å². The molecular weight excluding hydrogens is 489 g/mol. The fraction of sp³-hybridized carbons (Fsp3) is 0.579. The quantitative estimate of drug-likeness (QED) is 0.274. The van der Waals surface area contributed by atoms with Crippen LogP contribution in [0.2, 0.25) is 0 Å². The first-order valence-electron chi connectivity index (χ1n) is 9.43. The van der Waals surface area contributed by atoms with E-state index in [1.165, 1.54) is 10.4 Å². The Balaban J connectivity index is 0.00000364. The molecule has 0 spiro atoms. The number of hydrogen-bond acceptors (Lipinski definition) is 5. The van der Waals surface area contributed by atoms with Crippen LogP contribution in [0.4, 0.5) is 0 Å². The lowest BCUT2D eigenvalue weighted by Crippen LogP contribution is -2.43. The normalized spacial score (nSPS) is 12.7. The molecule has 2 aromatic rings. The Morgan fingerprint density at radius 2 is 2.00 bits per heavy atom. The molecule has 0 saturated heterocycles. The molecule has 2 heterocycles. The van der Waals surface area contributed by atoms with E-state index >= 15 is 0 Å². The van der Waals surface area contributed by atoms with Crippen molar-refractivity contribution in [2.24, 2.45) is 4.99 Å². The minimum Gasteiger partial charge on any atom is -0.357 e. The third-order valence-corrected chi connectivity index (χ3v) is 6.14. The topological polar surface area (TPSA) is 52.6 Å². The van der Waals surface area contributed by atoms with Gasteiger partial charge < -0.3 is 10.6 Å². The highest BCUT2D eigenvalue weighted by Crippen LogP contribution is 2.22. The monoisotopic (exact) mass is 521 g/mol. The SMILES string of the molecule is CCNC(=NCc1ncc(CC)s1)NCC(c1ccsc1)N(CC)CC.I. The summed E-state index contributed by atoms with van der Waals surface area (Å²) in [7, 11) is 0. The molecular formula is C19H32IN5S2. The summed E-state index contributed by atoms with van der Waals surface area (Å²) in [4.78, 5) is 13.0. The summed E-state index contributed by atoms with van der Waals surface area (Å²) in [6, 6.07) is 2.58. The van der Waals surface area contributed by atoms with E-state index in [9.17, 15) is 0 Å². The molecule has 0 aliphatic rings. The maximum atomic E-state index is 4.72. The maximum absolute atomic E-state index is 4.72. The molecule has 5 nitrogen and oxygen atoms in total. The van der Waals surface area contributed by atoms with Crippen LogP contribution in [-0.2, 0) is 13.0 Å². The van der Waals surface area contributed by atoms with E-state index in [1.807, 2.05) is 6.20 Å². The van der Waals surface area contributed by atoms with Crippen molar-refractivity contribution in [2.45, 2.75) is 46.7 Å². The molecule has 0 aromatic carbocycles. The molecule has 0 fully saturated rings. The zero-order valence-electron chi connectivity index (χ0n) is 16.7. The van der Waals surface area contributed by atoms with Gasteiger partial charge in [0.05, 0.1) is 12.6 Å². The highest BCUT2D eigenvalue weighted by Gasteiger charge is 2.18. The number of aliphatic imine (C=N–C) groups is 1. The number of aromatic nitrogens is 1. The fourth-order valence-electron chi connectivity index (χ4n) is 2.85. The maximum Gasteiger partial charge on any atom is 0.191 e. The van der Waals surface area contributed by atoms with Crippen LogP contribution in [0.25, 0.3) is 0 Å². The van der Waals surface area contributed by atoms with E-state index in [1.54, 1.807) is 22.7 Å². The van der Waals surface area contributed by atoms with Gasteiger partial charge in [-0.05, 0) is 48.8 Å². The Bertz CT molecular complexity index is 653. The van der Waals surface area contributed by atoms with Crippen LogP contribution in [-0.4, -0.2) is 42.0 Å². The van der Waals surface area contributed by atoms with Gasteiger partial charge in [0.15, 0.2) is 5.96 Å². The summed E-state index contributed by atoms with van der Waals surface area (Å²) in [5.74, 6) is 0.855. The predicted molar refractivity (Wildman–Crippen MR) is 130 cm³/mol. The lowest BCUT2D eigenvalue weighted by atomic mass is 10.1. The van der Waals surface area contributed by atoms with Gasteiger partial charge in [0.25, 0.3) is 0 Å². The van der Waals surface area contributed by atoms with Gasteiger partial charge in [-0.2, -0.15) is 11.3 Å². The van der Waals surface area contributed by atoms with Gasteiger partial charge in [0.1, 0.15) is 5.01 Å². The average Bonchev–Trinajstić information content (AvgIpc) is 3.34. The number of aryl methyl sites for hydroxylation is 1. The van der Waals surface area contributed by atoms with Gasteiger partial charge in [-0.1, -0.05) is 20.8 Å². The van der Waals surface area contributed by atoms with Crippen molar-refractivity contribution in [1.82, 2.24) is 20.5 Å². The van der Waals surface area contributed by atoms with Crippen LogP contribution < -0.4 is 10.6 Å². The molecule has 0 bridgehead atoms. The molecule has 8 heteroatoms. The average molecular weight is 522 g/mol. The molecule has 2 aromatic heterocycles. The summed E-state index contributed by atoms with van der Waals surface area (Å²) in [5, 5.41) is 12.3.